The van der Waals surface area contributed by atoms with Gasteiger partial charge in [0.25, 0.3) is 0 Å². The summed E-state index contributed by atoms with van der Waals surface area (Å²) >= 11 is 0. The number of nitrogens with one attached hydrogen (secondary N) is 1. The summed E-state index contributed by atoms with van der Waals surface area (Å²) in [6, 6.07) is 1.07. The van der Waals surface area contributed by atoms with E-state index in [1.54, 1.807) is 0 Å². The molecule has 2 heterocycles. The van der Waals surface area contributed by atoms with Gasteiger partial charge in [-0.05, 0) is 46.7 Å². The number of nitrogens with zero attached hydrogens (tertiary/aromatic N) is 2. The van der Waals surface area contributed by atoms with Crippen molar-refractivity contribution in [2.45, 2.75) is 45.7 Å². The van der Waals surface area contributed by atoms with Crippen LogP contribution in [0.15, 0.2) is 0 Å². The van der Waals surface area contributed by atoms with Gasteiger partial charge in [0.15, 0.2) is 0 Å². The van der Waals surface area contributed by atoms with Crippen LogP contribution in [-0.4, -0.2) is 60.5 Å². The Bertz CT molecular complexity index is 287. The van der Waals surface area contributed by atoms with Crippen LogP contribution in [0, 0.1) is 5.92 Å². The van der Waals surface area contributed by atoms with Crippen LogP contribution < -0.4 is 5.32 Å². The number of piperidine rings is 1. The van der Waals surface area contributed by atoms with E-state index in [2.05, 4.69) is 35.9 Å². The molecule has 0 aromatic heterocycles. The Morgan fingerprint density at radius 1 is 1.22 bits per heavy atom. The summed E-state index contributed by atoms with van der Waals surface area (Å²) in [6.07, 6.45) is 2.02. The van der Waals surface area contributed by atoms with Gasteiger partial charge >= 0.3 is 0 Å². The van der Waals surface area contributed by atoms with E-state index in [0.29, 0.717) is 18.0 Å². The van der Waals surface area contributed by atoms with Crippen LogP contribution in [0.1, 0.15) is 33.6 Å². The number of carbonyl (C=O) groups excluding carboxylic acids is 1. The molecule has 0 aromatic carbocycles. The molecule has 1 amide bonds. The van der Waals surface area contributed by atoms with Gasteiger partial charge in [-0.1, -0.05) is 0 Å². The fraction of sp³-hybridized carbons (Fsp3) is 0.929. The molecule has 0 unspecified atom stereocenters. The summed E-state index contributed by atoms with van der Waals surface area (Å²) in [5, 5.41) is 3.32. The maximum atomic E-state index is 12.5. The molecule has 0 saturated carbocycles. The summed E-state index contributed by atoms with van der Waals surface area (Å²) in [5.41, 5.74) is 0. The van der Waals surface area contributed by atoms with E-state index in [1.807, 2.05) is 0 Å². The maximum absolute atomic E-state index is 12.5. The summed E-state index contributed by atoms with van der Waals surface area (Å²) in [5.74, 6) is 0.663. The molecule has 0 bridgehead atoms. The molecule has 4 nitrogen and oxygen atoms in total. The standard InChI is InChI=1S/C14H27N3O/c1-11(2)17-9-8-16(10-12(17)3)14(18)13-4-6-15-7-5-13/h11-13,15H,4-10H2,1-3H3/t12-/m0/s1. The SMILES string of the molecule is CC(C)N1CCN(C(=O)C2CCNCC2)C[C@@H]1C. The van der Waals surface area contributed by atoms with Crippen molar-refractivity contribution < 1.29 is 4.79 Å². The van der Waals surface area contributed by atoms with Crippen LogP contribution in [0.2, 0.25) is 0 Å². The smallest absolute Gasteiger partial charge is 0.225 e. The van der Waals surface area contributed by atoms with Crippen LogP contribution in [0.25, 0.3) is 0 Å². The number of piperazine rings is 1. The minimum absolute atomic E-state index is 0.268. The molecule has 0 spiro atoms. The van der Waals surface area contributed by atoms with Crippen LogP contribution in [0.4, 0.5) is 0 Å². The predicted octanol–water partition coefficient (Wildman–Crippen LogP) is 0.927. The van der Waals surface area contributed by atoms with Gasteiger partial charge in [-0.2, -0.15) is 0 Å². The fourth-order valence-corrected chi connectivity index (χ4v) is 3.27. The quantitative estimate of drug-likeness (QED) is 0.795. The van der Waals surface area contributed by atoms with Crippen molar-refractivity contribution in [2.24, 2.45) is 5.92 Å². The van der Waals surface area contributed by atoms with Crippen LogP contribution in [0.3, 0.4) is 0 Å². The van der Waals surface area contributed by atoms with Gasteiger partial charge in [-0.15, -0.1) is 0 Å². The lowest BCUT2D eigenvalue weighted by Crippen LogP contribution is -2.57. The van der Waals surface area contributed by atoms with E-state index in [1.165, 1.54) is 0 Å². The number of rotatable bonds is 2. The van der Waals surface area contributed by atoms with Crippen LogP contribution in [-0.2, 0) is 4.79 Å². The van der Waals surface area contributed by atoms with Gasteiger partial charge in [0.1, 0.15) is 0 Å². The minimum atomic E-state index is 0.268. The lowest BCUT2D eigenvalue weighted by molar-refractivity contribution is -0.139. The van der Waals surface area contributed by atoms with Crippen LogP contribution >= 0.6 is 0 Å². The molecule has 2 saturated heterocycles. The average Bonchev–Trinajstić information content (AvgIpc) is 2.38. The predicted molar refractivity (Wildman–Crippen MR) is 73.5 cm³/mol. The van der Waals surface area contributed by atoms with E-state index in [4.69, 9.17) is 0 Å². The van der Waals surface area contributed by atoms with Crippen LogP contribution in [0.5, 0.6) is 0 Å². The largest absolute Gasteiger partial charge is 0.340 e. The zero-order valence-corrected chi connectivity index (χ0v) is 12.0. The van der Waals surface area contributed by atoms with Crippen molar-refractivity contribution in [1.29, 1.82) is 0 Å². The molecule has 4 heteroatoms. The zero-order chi connectivity index (χ0) is 13.1. The highest BCUT2D eigenvalue weighted by Crippen LogP contribution is 2.19. The zero-order valence-electron chi connectivity index (χ0n) is 12.0. The molecule has 0 aliphatic carbocycles. The molecule has 0 aromatic rings. The highest BCUT2D eigenvalue weighted by molar-refractivity contribution is 5.79. The van der Waals surface area contributed by atoms with Crippen molar-refractivity contribution in [3.8, 4) is 0 Å². The van der Waals surface area contributed by atoms with Crippen molar-refractivity contribution in [3.05, 3.63) is 0 Å². The molecule has 2 aliphatic heterocycles. The number of hydrogen-bond acceptors (Lipinski definition) is 3. The van der Waals surface area contributed by atoms with Gasteiger partial charge < -0.3 is 10.2 Å². The van der Waals surface area contributed by atoms with E-state index < -0.39 is 0 Å². The summed E-state index contributed by atoms with van der Waals surface area (Å²) in [4.78, 5) is 17.0. The summed E-state index contributed by atoms with van der Waals surface area (Å²) in [6.45, 7) is 11.5. The maximum Gasteiger partial charge on any atom is 0.225 e. The third-order valence-corrected chi connectivity index (χ3v) is 4.34. The molecule has 2 rings (SSSR count). The normalized spacial score (nSPS) is 27.8. The second-order valence-corrected chi connectivity index (χ2v) is 5.99. The lowest BCUT2D eigenvalue weighted by atomic mass is 9.96. The number of hydrogen-bond donors (Lipinski definition) is 1. The van der Waals surface area contributed by atoms with Gasteiger partial charge in [-0.3, -0.25) is 9.69 Å². The first-order valence-corrected chi connectivity index (χ1v) is 7.35. The van der Waals surface area contributed by atoms with Crippen molar-refractivity contribution in [1.82, 2.24) is 15.1 Å². The Kier molecular flexibility index (Phi) is 4.62. The monoisotopic (exact) mass is 253 g/mol. The first-order valence-electron chi connectivity index (χ1n) is 7.35. The highest BCUT2D eigenvalue weighted by atomic mass is 16.2. The third-order valence-electron chi connectivity index (χ3n) is 4.34. The third kappa shape index (κ3) is 3.04. The van der Waals surface area contributed by atoms with Gasteiger partial charge in [0.2, 0.25) is 5.91 Å². The second-order valence-electron chi connectivity index (χ2n) is 5.99. The highest BCUT2D eigenvalue weighted by Gasteiger charge is 2.31. The Morgan fingerprint density at radius 3 is 2.44 bits per heavy atom. The minimum Gasteiger partial charge on any atom is -0.340 e. The number of amides is 1. The first-order chi connectivity index (χ1) is 8.59. The van der Waals surface area contributed by atoms with E-state index in [-0.39, 0.29) is 5.92 Å². The molecule has 104 valence electrons. The van der Waals surface area contributed by atoms with Gasteiger partial charge in [-0.25, -0.2) is 0 Å². The van der Waals surface area contributed by atoms with Crippen molar-refractivity contribution in [2.75, 3.05) is 32.7 Å². The Morgan fingerprint density at radius 2 is 1.89 bits per heavy atom. The fourth-order valence-electron chi connectivity index (χ4n) is 3.27. The summed E-state index contributed by atoms with van der Waals surface area (Å²) < 4.78 is 0. The Labute approximate surface area is 111 Å². The molecule has 18 heavy (non-hydrogen) atoms. The molecule has 2 fully saturated rings. The second kappa shape index (κ2) is 6.02. The first kappa shape index (κ1) is 13.8. The van der Waals surface area contributed by atoms with E-state index >= 15 is 0 Å². The average molecular weight is 253 g/mol. The van der Waals surface area contributed by atoms with Gasteiger partial charge in [0.05, 0.1) is 0 Å². The summed E-state index contributed by atoms with van der Waals surface area (Å²) in [7, 11) is 0. The molecule has 2 aliphatic rings. The van der Waals surface area contributed by atoms with E-state index in [9.17, 15) is 4.79 Å². The molecular formula is C14H27N3O. The van der Waals surface area contributed by atoms with Gasteiger partial charge in [0, 0.05) is 37.6 Å². The Hall–Kier alpha value is -0.610. The van der Waals surface area contributed by atoms with E-state index in [0.717, 1.165) is 45.6 Å². The Balaban J connectivity index is 1.89. The van der Waals surface area contributed by atoms with Crippen molar-refractivity contribution >= 4 is 5.91 Å². The van der Waals surface area contributed by atoms with Crippen molar-refractivity contribution in [3.63, 3.8) is 0 Å². The molecule has 1 atom stereocenters. The molecule has 1 N–H and O–H groups in total. The lowest BCUT2D eigenvalue weighted by Gasteiger charge is -2.43. The number of carbonyl (C=O) groups is 1. The molecule has 0 radical (unpaired) electrons. The molecular weight excluding hydrogens is 226 g/mol. The topological polar surface area (TPSA) is 35.6 Å².